The molecule has 3 rings (SSSR count). The van der Waals surface area contributed by atoms with Gasteiger partial charge in [-0.15, -0.1) is 0 Å². The summed E-state index contributed by atoms with van der Waals surface area (Å²) in [5, 5.41) is 9.39. The van der Waals surface area contributed by atoms with Crippen molar-refractivity contribution in [3.05, 3.63) is 59.6 Å². The Morgan fingerprint density at radius 1 is 1.12 bits per heavy atom. The Bertz CT molecular complexity index is 846. The first kappa shape index (κ1) is 16.6. The van der Waals surface area contributed by atoms with Crippen molar-refractivity contribution >= 4 is 29.3 Å². The van der Waals surface area contributed by atoms with Gasteiger partial charge in [0.25, 0.3) is 5.22 Å². The van der Waals surface area contributed by atoms with Gasteiger partial charge in [0.05, 0.1) is 0 Å². The molecule has 24 heavy (non-hydrogen) atoms. The van der Waals surface area contributed by atoms with Crippen LogP contribution >= 0.6 is 23.4 Å². The normalized spacial score (nSPS) is 12.1. The molecular weight excluding hydrogens is 346 g/mol. The zero-order chi connectivity index (χ0) is 17.1. The van der Waals surface area contributed by atoms with Gasteiger partial charge in [-0.25, -0.2) is 4.98 Å². The number of carboxylic acids is 1. The highest BCUT2D eigenvalue weighted by Crippen LogP contribution is 2.37. The van der Waals surface area contributed by atoms with Crippen LogP contribution in [0.3, 0.4) is 0 Å². The molecule has 0 radical (unpaired) electrons. The summed E-state index contributed by atoms with van der Waals surface area (Å²) >= 11 is 7.02. The molecule has 1 unspecified atom stereocenters. The quantitative estimate of drug-likeness (QED) is 0.632. The van der Waals surface area contributed by atoms with Gasteiger partial charge in [0.15, 0.2) is 5.76 Å². The number of carbonyl (C=O) groups is 1. The van der Waals surface area contributed by atoms with Crippen LogP contribution in [0.4, 0.5) is 0 Å². The number of aromatic nitrogens is 1. The Labute approximate surface area is 148 Å². The van der Waals surface area contributed by atoms with E-state index in [2.05, 4.69) is 4.98 Å². The number of aliphatic carboxylic acids is 1. The third kappa shape index (κ3) is 3.63. The van der Waals surface area contributed by atoms with E-state index in [9.17, 15) is 4.79 Å². The molecule has 1 aromatic heterocycles. The number of carboxylic acid groups (broad SMARTS) is 1. The third-order valence-electron chi connectivity index (χ3n) is 3.39. The van der Waals surface area contributed by atoms with E-state index in [4.69, 9.17) is 21.1 Å². The fourth-order valence-corrected chi connectivity index (χ4v) is 2.95. The SMILES string of the molecule is CC(Sc1nc(-c2ccccc2)c(-c2ccc(Cl)cc2)o1)C(=O)O. The van der Waals surface area contributed by atoms with Crippen LogP contribution < -0.4 is 0 Å². The lowest BCUT2D eigenvalue weighted by Crippen LogP contribution is -2.10. The van der Waals surface area contributed by atoms with Gasteiger partial charge in [-0.3, -0.25) is 4.79 Å². The molecule has 2 aromatic carbocycles. The Balaban J connectivity index is 2.06. The number of oxazole rings is 1. The molecule has 6 heteroatoms. The van der Waals surface area contributed by atoms with E-state index in [0.717, 1.165) is 22.9 Å². The Morgan fingerprint density at radius 2 is 1.79 bits per heavy atom. The third-order valence-corrected chi connectivity index (χ3v) is 4.57. The summed E-state index contributed by atoms with van der Waals surface area (Å²) in [6.45, 7) is 1.60. The lowest BCUT2D eigenvalue weighted by Gasteiger charge is -2.01. The molecule has 0 aliphatic heterocycles. The molecule has 3 aromatic rings. The number of nitrogens with zero attached hydrogens (tertiary/aromatic N) is 1. The monoisotopic (exact) mass is 359 g/mol. The minimum atomic E-state index is -0.910. The maximum Gasteiger partial charge on any atom is 0.316 e. The molecule has 0 aliphatic carbocycles. The van der Waals surface area contributed by atoms with Gasteiger partial charge in [0, 0.05) is 16.1 Å². The molecule has 0 aliphatic rings. The van der Waals surface area contributed by atoms with Gasteiger partial charge in [-0.1, -0.05) is 53.7 Å². The second-order valence-electron chi connectivity index (χ2n) is 5.13. The number of thioether (sulfide) groups is 1. The Morgan fingerprint density at radius 3 is 2.42 bits per heavy atom. The van der Waals surface area contributed by atoms with E-state index < -0.39 is 11.2 Å². The fraction of sp³-hybridized carbons (Fsp3) is 0.111. The lowest BCUT2D eigenvalue weighted by atomic mass is 10.1. The van der Waals surface area contributed by atoms with Crippen LogP contribution in [0.1, 0.15) is 6.92 Å². The summed E-state index contributed by atoms with van der Waals surface area (Å²) in [6, 6.07) is 16.9. The topological polar surface area (TPSA) is 63.3 Å². The first-order valence-corrected chi connectivity index (χ1v) is 8.52. The number of benzene rings is 2. The predicted molar refractivity (Wildman–Crippen MR) is 95.3 cm³/mol. The van der Waals surface area contributed by atoms with E-state index in [1.807, 2.05) is 42.5 Å². The van der Waals surface area contributed by atoms with E-state index >= 15 is 0 Å². The van der Waals surface area contributed by atoms with E-state index in [-0.39, 0.29) is 0 Å². The van der Waals surface area contributed by atoms with Crippen LogP contribution in [0, 0.1) is 0 Å². The van der Waals surface area contributed by atoms with Crippen LogP contribution in [-0.4, -0.2) is 21.3 Å². The summed E-state index contributed by atoms with van der Waals surface area (Å²) in [5.41, 5.74) is 2.42. The Hall–Kier alpha value is -2.24. The number of halogens is 1. The Kier molecular flexibility index (Phi) is 4.92. The van der Waals surface area contributed by atoms with Crippen LogP contribution in [0.25, 0.3) is 22.6 Å². The minimum Gasteiger partial charge on any atom is -0.480 e. The predicted octanol–water partition coefficient (Wildman–Crippen LogP) is 5.23. The summed E-state index contributed by atoms with van der Waals surface area (Å²) in [6.07, 6.45) is 0. The van der Waals surface area contributed by atoms with Crippen LogP contribution in [0.5, 0.6) is 0 Å². The zero-order valence-corrected chi connectivity index (χ0v) is 14.3. The van der Waals surface area contributed by atoms with Gasteiger partial charge in [0.1, 0.15) is 10.9 Å². The molecule has 0 saturated heterocycles. The second kappa shape index (κ2) is 7.11. The smallest absolute Gasteiger partial charge is 0.316 e. The molecule has 0 spiro atoms. The molecule has 0 bridgehead atoms. The number of rotatable bonds is 5. The summed E-state index contributed by atoms with van der Waals surface area (Å²) in [4.78, 5) is 15.6. The lowest BCUT2D eigenvalue weighted by molar-refractivity contribution is -0.136. The minimum absolute atomic E-state index is 0.328. The van der Waals surface area contributed by atoms with Gasteiger partial charge >= 0.3 is 5.97 Å². The van der Waals surface area contributed by atoms with Crippen molar-refractivity contribution in [1.29, 1.82) is 0 Å². The van der Waals surface area contributed by atoms with Gasteiger partial charge < -0.3 is 9.52 Å². The second-order valence-corrected chi connectivity index (χ2v) is 6.86. The van der Waals surface area contributed by atoms with Crippen molar-refractivity contribution < 1.29 is 14.3 Å². The van der Waals surface area contributed by atoms with Crippen molar-refractivity contribution in [2.24, 2.45) is 0 Å². The van der Waals surface area contributed by atoms with Gasteiger partial charge in [-0.05, 0) is 31.2 Å². The average molecular weight is 360 g/mol. The van der Waals surface area contributed by atoms with Crippen molar-refractivity contribution in [3.63, 3.8) is 0 Å². The molecule has 1 N–H and O–H groups in total. The standard InChI is InChI=1S/C18H14ClNO3S/c1-11(17(21)22)24-18-20-15(12-5-3-2-4-6-12)16(23-18)13-7-9-14(19)10-8-13/h2-11H,1H3,(H,21,22). The first-order valence-electron chi connectivity index (χ1n) is 7.26. The molecule has 4 nitrogen and oxygen atoms in total. The van der Waals surface area contributed by atoms with E-state index in [1.54, 1.807) is 19.1 Å². The molecule has 0 amide bonds. The largest absolute Gasteiger partial charge is 0.480 e. The van der Waals surface area contributed by atoms with E-state index in [1.165, 1.54) is 0 Å². The number of hydrogen-bond donors (Lipinski definition) is 1. The molecule has 122 valence electrons. The molecule has 1 heterocycles. The van der Waals surface area contributed by atoms with Gasteiger partial charge in [-0.2, -0.15) is 0 Å². The van der Waals surface area contributed by atoms with Crippen molar-refractivity contribution in [3.8, 4) is 22.6 Å². The molecule has 0 saturated carbocycles. The highest BCUT2D eigenvalue weighted by molar-refractivity contribution is 8.00. The summed E-state index contributed by atoms with van der Waals surface area (Å²) < 4.78 is 5.86. The van der Waals surface area contributed by atoms with Crippen molar-refractivity contribution in [2.45, 2.75) is 17.4 Å². The van der Waals surface area contributed by atoms with Gasteiger partial charge in [0.2, 0.25) is 0 Å². The van der Waals surface area contributed by atoms with E-state index in [0.29, 0.717) is 21.7 Å². The molecule has 1 atom stereocenters. The summed E-state index contributed by atoms with van der Waals surface area (Å²) in [7, 11) is 0. The van der Waals surface area contributed by atoms with Crippen LogP contribution in [-0.2, 0) is 4.79 Å². The fourth-order valence-electron chi connectivity index (χ4n) is 2.14. The van der Waals surface area contributed by atoms with Crippen LogP contribution in [0.15, 0.2) is 64.2 Å². The van der Waals surface area contributed by atoms with Crippen LogP contribution in [0.2, 0.25) is 5.02 Å². The average Bonchev–Trinajstić information content (AvgIpc) is 3.00. The van der Waals surface area contributed by atoms with Crippen molar-refractivity contribution in [2.75, 3.05) is 0 Å². The maximum absolute atomic E-state index is 11.1. The zero-order valence-electron chi connectivity index (χ0n) is 12.8. The molecular formula is C18H14ClNO3S. The highest BCUT2D eigenvalue weighted by Gasteiger charge is 2.21. The van der Waals surface area contributed by atoms with Crippen molar-refractivity contribution in [1.82, 2.24) is 4.98 Å². The first-order chi connectivity index (χ1) is 11.5. The highest BCUT2D eigenvalue weighted by atomic mass is 35.5. The summed E-state index contributed by atoms with van der Waals surface area (Å²) in [5.74, 6) is -0.314. The number of hydrogen-bond acceptors (Lipinski definition) is 4. The maximum atomic E-state index is 11.1. The molecule has 0 fully saturated rings.